The number of carbonyl (C=O) groups is 1. The molecule has 1 fully saturated rings. The molecule has 0 bridgehead atoms. The van der Waals surface area contributed by atoms with E-state index in [-0.39, 0.29) is 24.5 Å². The minimum atomic E-state index is -0.174. The van der Waals surface area contributed by atoms with Crippen LogP contribution >= 0.6 is 12.4 Å². The molecule has 0 radical (unpaired) electrons. The Morgan fingerprint density at radius 2 is 1.36 bits per heavy atom. The smallest absolute Gasteiger partial charge is 0.339 e. The van der Waals surface area contributed by atoms with Crippen molar-refractivity contribution in [3.8, 4) is 0 Å². The number of benzene rings is 3. The van der Waals surface area contributed by atoms with Crippen LogP contribution < -0.4 is 0 Å². The Morgan fingerprint density at radius 1 is 0.788 bits per heavy atom. The summed E-state index contributed by atoms with van der Waals surface area (Å²) in [6.07, 6.45) is 1.84. The molecule has 0 aliphatic carbocycles. The monoisotopic (exact) mass is 462 g/mol. The van der Waals surface area contributed by atoms with E-state index < -0.39 is 0 Å². The highest BCUT2D eigenvalue weighted by Crippen LogP contribution is 2.34. The van der Waals surface area contributed by atoms with Gasteiger partial charge in [0.25, 0.3) is 0 Å². The number of ether oxygens (including phenoxy) is 1. The van der Waals surface area contributed by atoms with E-state index in [0.29, 0.717) is 6.04 Å². The third-order valence-electron chi connectivity index (χ3n) is 6.72. The third kappa shape index (κ3) is 5.30. The van der Waals surface area contributed by atoms with Gasteiger partial charge in [0.1, 0.15) is 6.10 Å². The molecule has 0 N–H and O–H groups in total. The largest absolute Gasteiger partial charge is 0.454 e. The van der Waals surface area contributed by atoms with Crippen molar-refractivity contribution in [2.24, 2.45) is 0 Å². The molecule has 0 amide bonds. The van der Waals surface area contributed by atoms with Crippen LogP contribution in [-0.2, 0) is 4.74 Å². The number of rotatable bonds is 7. The van der Waals surface area contributed by atoms with Gasteiger partial charge >= 0.3 is 5.97 Å². The average molecular weight is 463 g/mol. The Morgan fingerprint density at radius 3 is 2.00 bits per heavy atom. The molecule has 2 aliphatic heterocycles. The van der Waals surface area contributed by atoms with Crippen LogP contribution in [0.5, 0.6) is 0 Å². The van der Waals surface area contributed by atoms with Crippen LogP contribution in [0.2, 0.25) is 0 Å². The second-order valence-corrected chi connectivity index (χ2v) is 8.72. The number of halogens is 1. The summed E-state index contributed by atoms with van der Waals surface area (Å²) in [4.78, 5) is 17.2. The number of esters is 1. The van der Waals surface area contributed by atoms with Crippen LogP contribution in [0.3, 0.4) is 0 Å². The molecule has 4 nitrogen and oxygen atoms in total. The third-order valence-corrected chi connectivity index (χ3v) is 6.72. The Balaban J connectivity index is 0.00000259. The van der Waals surface area contributed by atoms with Gasteiger partial charge in [-0.15, -0.1) is 12.4 Å². The van der Waals surface area contributed by atoms with Crippen LogP contribution in [0.15, 0.2) is 84.9 Å². The second-order valence-electron chi connectivity index (χ2n) is 8.72. The van der Waals surface area contributed by atoms with Gasteiger partial charge in [-0.05, 0) is 36.6 Å². The van der Waals surface area contributed by atoms with Crippen molar-refractivity contribution in [2.45, 2.75) is 25.0 Å². The van der Waals surface area contributed by atoms with Crippen molar-refractivity contribution in [2.75, 3.05) is 32.7 Å². The molecule has 1 saturated heterocycles. The molecule has 3 aromatic carbocycles. The maximum atomic E-state index is 12.0. The molecule has 1 unspecified atom stereocenters. The first-order chi connectivity index (χ1) is 15.8. The van der Waals surface area contributed by atoms with Crippen molar-refractivity contribution in [1.82, 2.24) is 9.80 Å². The normalized spacial score (nSPS) is 18.6. The van der Waals surface area contributed by atoms with E-state index in [4.69, 9.17) is 4.74 Å². The summed E-state index contributed by atoms with van der Waals surface area (Å²) in [5, 5.41) is 0. The molecule has 0 spiro atoms. The zero-order valence-corrected chi connectivity index (χ0v) is 19.6. The van der Waals surface area contributed by atoms with Gasteiger partial charge in [0.15, 0.2) is 0 Å². The number of nitrogens with zero attached hydrogens (tertiary/aromatic N) is 2. The van der Waals surface area contributed by atoms with Crippen molar-refractivity contribution < 1.29 is 9.53 Å². The molecular weight excluding hydrogens is 432 g/mol. The topological polar surface area (TPSA) is 32.8 Å². The van der Waals surface area contributed by atoms with Gasteiger partial charge in [0, 0.05) is 31.7 Å². The van der Waals surface area contributed by atoms with E-state index in [1.807, 2.05) is 24.3 Å². The highest BCUT2D eigenvalue weighted by molar-refractivity contribution is 5.93. The van der Waals surface area contributed by atoms with E-state index in [0.717, 1.165) is 56.7 Å². The number of piperazine rings is 1. The van der Waals surface area contributed by atoms with E-state index in [1.165, 1.54) is 11.1 Å². The van der Waals surface area contributed by atoms with Gasteiger partial charge in [0.05, 0.1) is 11.6 Å². The predicted molar refractivity (Wildman–Crippen MR) is 134 cm³/mol. The first kappa shape index (κ1) is 23.5. The van der Waals surface area contributed by atoms with Gasteiger partial charge in [-0.25, -0.2) is 4.79 Å². The molecular formula is C28H31ClN2O2. The minimum absolute atomic E-state index is 0. The maximum Gasteiger partial charge on any atom is 0.339 e. The number of carbonyl (C=O) groups excluding carboxylic acids is 1. The summed E-state index contributed by atoms with van der Waals surface area (Å²) >= 11 is 0. The summed E-state index contributed by atoms with van der Waals surface area (Å²) < 4.78 is 5.60. The molecule has 2 heterocycles. The summed E-state index contributed by atoms with van der Waals surface area (Å²) in [6, 6.07) is 29.8. The number of cyclic esters (lactones) is 1. The lowest BCUT2D eigenvalue weighted by molar-refractivity contribution is 0.0351. The Bertz CT molecular complexity index is 997. The molecule has 2 aliphatic rings. The molecule has 1 atom stereocenters. The second kappa shape index (κ2) is 11.0. The van der Waals surface area contributed by atoms with E-state index in [1.54, 1.807) is 0 Å². The van der Waals surface area contributed by atoms with Gasteiger partial charge in [-0.1, -0.05) is 78.9 Å². The molecule has 0 saturated carbocycles. The fraction of sp³-hybridized carbons (Fsp3) is 0.321. The van der Waals surface area contributed by atoms with E-state index in [9.17, 15) is 4.79 Å². The summed E-state index contributed by atoms with van der Waals surface area (Å²) in [5.74, 6) is -0.174. The van der Waals surface area contributed by atoms with Crippen LogP contribution in [0.4, 0.5) is 0 Å². The first-order valence-corrected chi connectivity index (χ1v) is 11.7. The van der Waals surface area contributed by atoms with Gasteiger partial charge in [0.2, 0.25) is 0 Å². The Kier molecular flexibility index (Phi) is 7.81. The van der Waals surface area contributed by atoms with Crippen LogP contribution in [0, 0.1) is 0 Å². The quantitative estimate of drug-likeness (QED) is 0.433. The summed E-state index contributed by atoms with van der Waals surface area (Å²) in [7, 11) is 0. The lowest BCUT2D eigenvalue weighted by Crippen LogP contribution is -2.48. The zero-order chi connectivity index (χ0) is 21.8. The first-order valence-electron chi connectivity index (χ1n) is 11.7. The summed E-state index contributed by atoms with van der Waals surface area (Å²) in [5.41, 5.74) is 4.50. The molecule has 172 valence electrons. The number of hydrogen-bond acceptors (Lipinski definition) is 4. The molecule has 5 heteroatoms. The Hall–Kier alpha value is -2.66. The fourth-order valence-corrected chi connectivity index (χ4v) is 5.06. The number of hydrogen-bond donors (Lipinski definition) is 0. The lowest BCUT2D eigenvalue weighted by Gasteiger charge is -2.40. The van der Waals surface area contributed by atoms with Gasteiger partial charge in [-0.3, -0.25) is 4.90 Å². The highest BCUT2D eigenvalue weighted by Gasteiger charge is 2.30. The fourth-order valence-electron chi connectivity index (χ4n) is 5.06. The standard InChI is InChI=1S/C28H30N2O2.ClH/c31-28-25-15-8-7-14-24(25)26(32-28)16-9-17-29-18-20-30(21-19-29)27(22-10-3-1-4-11-22)23-12-5-2-6-13-23;/h1-8,10-15,26-27H,9,16-21H2;1H. The van der Waals surface area contributed by atoms with E-state index in [2.05, 4.69) is 70.5 Å². The Labute approximate surface area is 202 Å². The predicted octanol–water partition coefficient (Wildman–Crippen LogP) is 5.51. The molecule has 5 rings (SSSR count). The van der Waals surface area contributed by atoms with Crippen LogP contribution in [0.25, 0.3) is 0 Å². The molecule has 33 heavy (non-hydrogen) atoms. The van der Waals surface area contributed by atoms with Gasteiger partial charge < -0.3 is 9.64 Å². The van der Waals surface area contributed by atoms with Gasteiger partial charge in [-0.2, -0.15) is 0 Å². The van der Waals surface area contributed by atoms with Crippen molar-refractivity contribution in [1.29, 1.82) is 0 Å². The SMILES string of the molecule is Cl.O=C1OC(CCCN2CCN(C(c3ccccc3)c3ccccc3)CC2)c2ccccc21. The van der Waals surface area contributed by atoms with Crippen molar-refractivity contribution >= 4 is 18.4 Å². The minimum Gasteiger partial charge on any atom is -0.454 e. The van der Waals surface area contributed by atoms with Crippen molar-refractivity contribution in [3.05, 3.63) is 107 Å². The zero-order valence-electron chi connectivity index (χ0n) is 18.8. The van der Waals surface area contributed by atoms with Crippen molar-refractivity contribution in [3.63, 3.8) is 0 Å². The lowest BCUT2D eigenvalue weighted by atomic mass is 9.96. The van der Waals surface area contributed by atoms with E-state index >= 15 is 0 Å². The highest BCUT2D eigenvalue weighted by atomic mass is 35.5. The molecule has 0 aromatic heterocycles. The maximum absolute atomic E-state index is 12.0. The number of fused-ring (bicyclic) bond motifs is 1. The average Bonchev–Trinajstić information content (AvgIpc) is 3.17. The van der Waals surface area contributed by atoms with Crippen LogP contribution in [0.1, 0.15) is 52.0 Å². The molecule has 3 aromatic rings. The summed E-state index contributed by atoms with van der Waals surface area (Å²) in [6.45, 7) is 5.28. The van der Waals surface area contributed by atoms with Crippen LogP contribution in [-0.4, -0.2) is 48.5 Å².